The van der Waals surface area contributed by atoms with E-state index in [1.165, 1.54) is 0 Å². The van der Waals surface area contributed by atoms with Crippen molar-refractivity contribution in [3.05, 3.63) is 182 Å². The molecule has 0 spiro atoms. The second-order valence-electron chi connectivity index (χ2n) is 13.1. The lowest BCUT2D eigenvalue weighted by Gasteiger charge is -2.13. The van der Waals surface area contributed by atoms with Crippen LogP contribution in [0.5, 0.6) is 0 Å². The Bertz CT molecular complexity index is 2460. The van der Waals surface area contributed by atoms with Crippen molar-refractivity contribution in [2.45, 2.75) is 0 Å². The van der Waals surface area contributed by atoms with Crippen LogP contribution in [0.15, 0.2) is 182 Å². The van der Waals surface area contributed by atoms with E-state index in [4.69, 9.17) is 19.9 Å². The van der Waals surface area contributed by atoms with Crippen LogP contribution in [-0.4, -0.2) is 19.9 Å². The molecule has 0 atom stereocenters. The Kier molecular flexibility index (Phi) is 7.10. The maximum atomic E-state index is 5.27. The molecule has 0 fully saturated rings. The van der Waals surface area contributed by atoms with Crippen LogP contribution in [0, 0.1) is 0 Å². The number of nitrogens with zero attached hydrogens (tertiary/aromatic N) is 4. The zero-order chi connectivity index (χ0) is 34.4. The number of benzene rings is 7. The molecule has 0 radical (unpaired) electrons. The van der Waals surface area contributed by atoms with E-state index in [1.807, 2.05) is 24.3 Å². The van der Waals surface area contributed by atoms with Gasteiger partial charge in [-0.05, 0) is 80.9 Å². The first-order chi connectivity index (χ1) is 25.7. The Morgan fingerprint density at radius 1 is 0.250 bits per heavy atom. The summed E-state index contributed by atoms with van der Waals surface area (Å²) in [6.07, 6.45) is 0. The third-order valence-corrected chi connectivity index (χ3v) is 9.80. The summed E-state index contributed by atoms with van der Waals surface area (Å²) in [5, 5.41) is 0.888. The van der Waals surface area contributed by atoms with E-state index in [0.29, 0.717) is 17.3 Å². The average Bonchev–Trinajstić information content (AvgIpc) is 3.55. The van der Waals surface area contributed by atoms with E-state index >= 15 is 0 Å². The van der Waals surface area contributed by atoms with Crippen LogP contribution in [0.1, 0.15) is 0 Å². The third kappa shape index (κ3) is 5.26. The van der Waals surface area contributed by atoms with Gasteiger partial charge in [0.25, 0.3) is 0 Å². The first kappa shape index (κ1) is 29.8. The molecular weight excluding hydrogens is 633 g/mol. The van der Waals surface area contributed by atoms with Crippen LogP contribution < -0.4 is 0 Å². The fraction of sp³-hybridized carbons (Fsp3) is 0. The van der Waals surface area contributed by atoms with Crippen molar-refractivity contribution in [1.29, 1.82) is 0 Å². The molecular formula is C48H30N4. The molecule has 1 aliphatic rings. The normalized spacial score (nSPS) is 11.5. The van der Waals surface area contributed by atoms with Crippen molar-refractivity contribution in [1.82, 2.24) is 19.9 Å². The van der Waals surface area contributed by atoms with E-state index in [9.17, 15) is 0 Å². The van der Waals surface area contributed by atoms with E-state index < -0.39 is 0 Å². The molecule has 52 heavy (non-hydrogen) atoms. The summed E-state index contributed by atoms with van der Waals surface area (Å²) < 4.78 is 0. The minimum absolute atomic E-state index is 0.632. The molecule has 0 bridgehead atoms. The van der Waals surface area contributed by atoms with Crippen LogP contribution in [-0.2, 0) is 0 Å². The lowest BCUT2D eigenvalue weighted by molar-refractivity contribution is 1.16. The Hall–Kier alpha value is -7.04. The van der Waals surface area contributed by atoms with Gasteiger partial charge in [0.15, 0.2) is 17.3 Å². The monoisotopic (exact) mass is 662 g/mol. The molecule has 2 heterocycles. The first-order valence-electron chi connectivity index (χ1n) is 17.5. The van der Waals surface area contributed by atoms with Gasteiger partial charge in [0, 0.05) is 22.3 Å². The van der Waals surface area contributed by atoms with Gasteiger partial charge in [-0.2, -0.15) is 0 Å². The second-order valence-corrected chi connectivity index (χ2v) is 13.1. The summed E-state index contributed by atoms with van der Waals surface area (Å²) in [4.78, 5) is 21.0. The number of aromatic nitrogens is 4. The summed E-state index contributed by atoms with van der Waals surface area (Å²) in [5.74, 6) is 1.26. The molecule has 0 amide bonds. The van der Waals surface area contributed by atoms with Gasteiger partial charge in [-0.1, -0.05) is 146 Å². The quantitative estimate of drug-likeness (QED) is 0.178. The predicted molar refractivity (Wildman–Crippen MR) is 212 cm³/mol. The van der Waals surface area contributed by atoms with Gasteiger partial charge in [-0.15, -0.1) is 0 Å². The summed E-state index contributed by atoms with van der Waals surface area (Å²) >= 11 is 0. The van der Waals surface area contributed by atoms with Gasteiger partial charge in [0.1, 0.15) is 0 Å². The van der Waals surface area contributed by atoms with Crippen LogP contribution >= 0.6 is 0 Å². The van der Waals surface area contributed by atoms with E-state index in [-0.39, 0.29) is 0 Å². The van der Waals surface area contributed by atoms with Crippen molar-refractivity contribution in [3.8, 4) is 89.8 Å². The van der Waals surface area contributed by atoms with E-state index in [0.717, 1.165) is 83.5 Å². The molecule has 9 aromatic rings. The molecule has 4 nitrogen and oxygen atoms in total. The van der Waals surface area contributed by atoms with Crippen LogP contribution in [0.3, 0.4) is 0 Å². The highest BCUT2D eigenvalue weighted by molar-refractivity contribution is 6.11. The van der Waals surface area contributed by atoms with Crippen molar-refractivity contribution < 1.29 is 0 Å². The minimum atomic E-state index is 0.632. The van der Waals surface area contributed by atoms with Crippen molar-refractivity contribution in [2.24, 2.45) is 0 Å². The smallest absolute Gasteiger partial charge is 0.168 e. The zero-order valence-corrected chi connectivity index (χ0v) is 28.1. The maximum Gasteiger partial charge on any atom is 0.168 e. The number of hydrogen-bond donors (Lipinski definition) is 0. The zero-order valence-electron chi connectivity index (χ0n) is 28.1. The van der Waals surface area contributed by atoms with E-state index in [1.54, 1.807) is 0 Å². The second kappa shape index (κ2) is 12.4. The largest absolute Gasteiger partial charge is 0.227 e. The first-order valence-corrected chi connectivity index (χ1v) is 17.5. The molecule has 0 saturated heterocycles. The van der Waals surface area contributed by atoms with E-state index in [2.05, 4.69) is 158 Å². The molecule has 1 aliphatic carbocycles. The standard InChI is InChI=1S/C48H30N4/c1-5-15-31(16-6-1)35-25-36(32-17-7-2-8-18-32)28-39(27-35)46-49-44-41-23-13-14-24-42(41)45-43(44)48(51-46)52-47(50-45)40-29-37(33-19-9-3-10-20-33)26-38(30-40)34-21-11-4-12-22-34/h1-30H. The molecule has 7 aromatic carbocycles. The molecule has 10 rings (SSSR count). The topological polar surface area (TPSA) is 51.6 Å². The molecule has 242 valence electrons. The fourth-order valence-corrected chi connectivity index (χ4v) is 7.28. The maximum absolute atomic E-state index is 5.27. The Balaban J connectivity index is 1.21. The van der Waals surface area contributed by atoms with Crippen LogP contribution in [0.25, 0.3) is 101 Å². The number of fused-ring (bicyclic) bond motifs is 3. The highest BCUT2D eigenvalue weighted by Gasteiger charge is 2.28. The highest BCUT2D eigenvalue weighted by atomic mass is 15.0. The van der Waals surface area contributed by atoms with Gasteiger partial charge in [-0.25, -0.2) is 19.9 Å². The summed E-state index contributed by atoms with van der Waals surface area (Å²) in [6, 6.07) is 63.5. The summed E-state index contributed by atoms with van der Waals surface area (Å²) in [7, 11) is 0. The minimum Gasteiger partial charge on any atom is -0.227 e. The van der Waals surface area contributed by atoms with Gasteiger partial charge < -0.3 is 0 Å². The van der Waals surface area contributed by atoms with Gasteiger partial charge in [0.2, 0.25) is 0 Å². The van der Waals surface area contributed by atoms with Crippen molar-refractivity contribution >= 4 is 11.0 Å². The van der Waals surface area contributed by atoms with Crippen molar-refractivity contribution in [3.63, 3.8) is 0 Å². The molecule has 0 aliphatic heterocycles. The predicted octanol–water partition coefficient (Wildman–Crippen LogP) is 12.1. The Morgan fingerprint density at radius 2 is 0.538 bits per heavy atom. The lowest BCUT2D eigenvalue weighted by Crippen LogP contribution is -1.99. The third-order valence-electron chi connectivity index (χ3n) is 9.80. The molecule has 0 unspecified atom stereocenters. The Morgan fingerprint density at radius 3 is 0.865 bits per heavy atom. The fourth-order valence-electron chi connectivity index (χ4n) is 7.28. The highest BCUT2D eigenvalue weighted by Crippen LogP contribution is 2.46. The lowest BCUT2D eigenvalue weighted by atomic mass is 9.95. The van der Waals surface area contributed by atoms with Crippen molar-refractivity contribution in [2.75, 3.05) is 0 Å². The van der Waals surface area contributed by atoms with Gasteiger partial charge in [-0.3, -0.25) is 0 Å². The molecule has 4 heteroatoms. The van der Waals surface area contributed by atoms with Gasteiger partial charge in [0.05, 0.1) is 16.8 Å². The molecule has 2 aromatic heterocycles. The molecule has 0 saturated carbocycles. The van der Waals surface area contributed by atoms with Gasteiger partial charge >= 0.3 is 0 Å². The number of hydrogen-bond acceptors (Lipinski definition) is 4. The average molecular weight is 663 g/mol. The Labute approximate surface area is 301 Å². The number of rotatable bonds is 6. The summed E-state index contributed by atoms with van der Waals surface area (Å²) in [6.45, 7) is 0. The molecule has 0 N–H and O–H groups in total. The van der Waals surface area contributed by atoms with Crippen LogP contribution in [0.4, 0.5) is 0 Å². The van der Waals surface area contributed by atoms with Crippen LogP contribution in [0.2, 0.25) is 0 Å². The SMILES string of the molecule is c1ccc(-c2cc(-c3ccccc3)cc(-c3nc4c5c(nc(-c6cc(-c7ccccc7)cc(-c7ccccc7)c6)nc5n3)-c3ccccc3-4)c2)cc1. The summed E-state index contributed by atoms with van der Waals surface area (Å²) in [5.41, 5.74) is 15.3.